The Labute approximate surface area is 257 Å². The molecule has 0 atom stereocenters. The molecule has 1 N–H and O–H groups in total. The van der Waals surface area contributed by atoms with Crippen LogP contribution in [0.15, 0.2) is 59.5 Å². The molecule has 5 rings (SSSR count). The van der Waals surface area contributed by atoms with Crippen molar-refractivity contribution >= 4 is 57.9 Å². The van der Waals surface area contributed by atoms with Crippen LogP contribution in [0.2, 0.25) is 5.02 Å². The van der Waals surface area contributed by atoms with Gasteiger partial charge in [-0.1, -0.05) is 41.6 Å². The number of aromatic carboxylic acids is 1. The molecular weight excluding hydrogens is 601 g/mol. The van der Waals surface area contributed by atoms with Crippen molar-refractivity contribution in [2.24, 2.45) is 0 Å². The molecule has 0 spiro atoms. The van der Waals surface area contributed by atoms with Crippen molar-refractivity contribution in [1.29, 1.82) is 0 Å². The van der Waals surface area contributed by atoms with Crippen LogP contribution < -0.4 is 4.74 Å². The van der Waals surface area contributed by atoms with E-state index in [4.69, 9.17) is 33.3 Å². The maximum atomic E-state index is 13.6. The number of carbonyl (C=O) groups excluding carboxylic acids is 1. The number of carboxylic acid groups (broad SMARTS) is 1. The second-order valence-corrected chi connectivity index (χ2v) is 11.7. The van der Waals surface area contributed by atoms with Crippen LogP contribution in [-0.4, -0.2) is 75.5 Å². The number of aromatic nitrogens is 1. The largest absolute Gasteiger partial charge is 0.493 e. The highest BCUT2D eigenvalue weighted by molar-refractivity contribution is 8.26. The fraction of sp³-hybridized carbons (Fsp3) is 0.267. The van der Waals surface area contributed by atoms with E-state index in [9.17, 15) is 19.1 Å². The highest BCUT2D eigenvalue weighted by atomic mass is 35.5. The second-order valence-electron chi connectivity index (χ2n) is 9.63. The number of pyridine rings is 1. The van der Waals surface area contributed by atoms with Crippen molar-refractivity contribution in [3.8, 4) is 17.0 Å². The lowest BCUT2D eigenvalue weighted by molar-refractivity contribution is -0.122. The SMILES string of the molecule is O=C(O)c1ccc(OCCCN2C(=O)/C(=C/c3cccc(-c4ccc(F)c(Cl)c4)n3)SC2=S)c(CN2CCOCC2)c1. The Hall–Kier alpha value is -3.35. The third-order valence-electron chi connectivity index (χ3n) is 6.73. The van der Waals surface area contributed by atoms with Gasteiger partial charge in [0.15, 0.2) is 0 Å². The first kappa shape index (κ1) is 30.1. The van der Waals surface area contributed by atoms with Gasteiger partial charge in [0.2, 0.25) is 0 Å². The van der Waals surface area contributed by atoms with Crippen molar-refractivity contribution in [3.63, 3.8) is 0 Å². The summed E-state index contributed by atoms with van der Waals surface area (Å²) in [5.41, 5.74) is 2.83. The molecule has 3 aromatic rings. The molecule has 218 valence electrons. The predicted octanol–water partition coefficient (Wildman–Crippen LogP) is 5.74. The molecule has 0 unspecified atom stereocenters. The van der Waals surface area contributed by atoms with Gasteiger partial charge >= 0.3 is 5.97 Å². The van der Waals surface area contributed by atoms with Crippen molar-refractivity contribution in [1.82, 2.24) is 14.8 Å². The van der Waals surface area contributed by atoms with Crippen LogP contribution in [-0.2, 0) is 16.1 Å². The lowest BCUT2D eigenvalue weighted by atomic mass is 10.1. The summed E-state index contributed by atoms with van der Waals surface area (Å²) in [7, 11) is 0. The highest BCUT2D eigenvalue weighted by Crippen LogP contribution is 2.33. The van der Waals surface area contributed by atoms with Crippen LogP contribution in [0, 0.1) is 5.82 Å². The molecule has 2 aliphatic heterocycles. The van der Waals surface area contributed by atoms with Gasteiger partial charge in [0.1, 0.15) is 15.9 Å². The van der Waals surface area contributed by atoms with Gasteiger partial charge in [-0.2, -0.15) is 0 Å². The van der Waals surface area contributed by atoms with E-state index in [0.29, 0.717) is 71.3 Å². The summed E-state index contributed by atoms with van der Waals surface area (Å²) in [6, 6.07) is 14.6. The lowest BCUT2D eigenvalue weighted by Crippen LogP contribution is -2.35. The molecule has 0 aliphatic carbocycles. The topological polar surface area (TPSA) is 92.2 Å². The Morgan fingerprint density at radius 2 is 2.00 bits per heavy atom. The third-order valence-corrected chi connectivity index (χ3v) is 8.39. The minimum absolute atomic E-state index is 0.00940. The first-order chi connectivity index (χ1) is 20.3. The summed E-state index contributed by atoms with van der Waals surface area (Å²) in [5.74, 6) is -1.09. The monoisotopic (exact) mass is 627 g/mol. The Kier molecular flexibility index (Phi) is 9.86. The summed E-state index contributed by atoms with van der Waals surface area (Å²) in [4.78, 5) is 33.5. The number of morpholine rings is 1. The van der Waals surface area contributed by atoms with E-state index in [0.717, 1.165) is 18.7 Å². The number of halogens is 2. The van der Waals surface area contributed by atoms with Crippen molar-refractivity contribution in [2.45, 2.75) is 13.0 Å². The fourth-order valence-electron chi connectivity index (χ4n) is 4.56. The van der Waals surface area contributed by atoms with Crippen LogP contribution in [0.3, 0.4) is 0 Å². The van der Waals surface area contributed by atoms with Gasteiger partial charge in [0.25, 0.3) is 5.91 Å². The molecule has 0 bridgehead atoms. The molecule has 8 nitrogen and oxygen atoms in total. The van der Waals surface area contributed by atoms with Crippen LogP contribution in [0.5, 0.6) is 5.75 Å². The number of rotatable bonds is 10. The predicted molar refractivity (Wildman–Crippen MR) is 164 cm³/mol. The van der Waals surface area contributed by atoms with E-state index >= 15 is 0 Å². The number of carbonyl (C=O) groups is 2. The number of nitrogens with zero attached hydrogens (tertiary/aromatic N) is 3. The molecule has 0 saturated carbocycles. The number of ether oxygens (including phenoxy) is 2. The number of amides is 1. The van der Waals surface area contributed by atoms with Crippen LogP contribution in [0.4, 0.5) is 4.39 Å². The molecular formula is C30H27ClFN3O5S2. The van der Waals surface area contributed by atoms with Crippen LogP contribution >= 0.6 is 35.6 Å². The summed E-state index contributed by atoms with van der Waals surface area (Å²) in [6.45, 7) is 4.05. The Morgan fingerprint density at radius 3 is 2.76 bits per heavy atom. The second kappa shape index (κ2) is 13.7. The van der Waals surface area contributed by atoms with Crippen molar-refractivity contribution < 1.29 is 28.6 Å². The van der Waals surface area contributed by atoms with E-state index in [2.05, 4.69) is 9.88 Å². The molecule has 3 heterocycles. The van der Waals surface area contributed by atoms with Gasteiger partial charge in [-0.05, 0) is 61.0 Å². The van der Waals surface area contributed by atoms with E-state index in [-0.39, 0.29) is 16.5 Å². The van der Waals surface area contributed by atoms with Crippen molar-refractivity contribution in [2.75, 3.05) is 39.5 Å². The molecule has 2 aliphatic rings. The molecule has 0 radical (unpaired) electrons. The van der Waals surface area contributed by atoms with Crippen LogP contribution in [0.25, 0.3) is 17.3 Å². The molecule has 42 heavy (non-hydrogen) atoms. The average molecular weight is 628 g/mol. The van der Waals surface area contributed by atoms with Gasteiger partial charge < -0.3 is 14.6 Å². The number of benzene rings is 2. The minimum Gasteiger partial charge on any atom is -0.493 e. The van der Waals surface area contributed by atoms with Gasteiger partial charge in [-0.15, -0.1) is 0 Å². The number of hydrogen-bond acceptors (Lipinski definition) is 8. The number of thiocarbonyl (C=S) groups is 1. The summed E-state index contributed by atoms with van der Waals surface area (Å²) >= 11 is 12.6. The van der Waals surface area contributed by atoms with E-state index < -0.39 is 11.8 Å². The summed E-state index contributed by atoms with van der Waals surface area (Å²) in [5, 5.41) is 9.45. The van der Waals surface area contributed by atoms with Crippen molar-refractivity contribution in [3.05, 3.63) is 87.2 Å². The van der Waals surface area contributed by atoms with E-state index in [1.165, 1.54) is 30.0 Å². The quantitative estimate of drug-likeness (QED) is 0.172. The van der Waals surface area contributed by atoms with Gasteiger partial charge in [-0.25, -0.2) is 14.2 Å². The molecule has 2 fully saturated rings. The Morgan fingerprint density at radius 1 is 1.19 bits per heavy atom. The van der Waals surface area contributed by atoms with E-state index in [1.807, 2.05) is 0 Å². The molecule has 2 aromatic carbocycles. The smallest absolute Gasteiger partial charge is 0.335 e. The van der Waals surface area contributed by atoms with Crippen LogP contribution in [0.1, 0.15) is 28.0 Å². The zero-order valence-electron chi connectivity index (χ0n) is 22.4. The highest BCUT2D eigenvalue weighted by Gasteiger charge is 2.31. The normalized spacial score (nSPS) is 16.8. The summed E-state index contributed by atoms with van der Waals surface area (Å²) in [6.07, 6.45) is 2.21. The van der Waals surface area contributed by atoms with Gasteiger partial charge in [-0.3, -0.25) is 14.6 Å². The molecule has 1 aromatic heterocycles. The summed E-state index contributed by atoms with van der Waals surface area (Å²) < 4.78 is 25.5. The number of carboxylic acids is 1. The average Bonchev–Trinajstić information content (AvgIpc) is 3.25. The van der Waals surface area contributed by atoms with Gasteiger partial charge in [0, 0.05) is 37.3 Å². The first-order valence-corrected chi connectivity index (χ1v) is 14.9. The number of hydrogen-bond donors (Lipinski definition) is 1. The lowest BCUT2D eigenvalue weighted by Gasteiger charge is -2.27. The standard InChI is InChI=1S/C30H27ClFN3O5S2/c31-23-16-19(5-7-24(23)32)25-4-1-3-22(33-25)17-27-28(36)35(30(41)42-27)9-2-12-40-26-8-6-20(29(37)38)15-21(26)18-34-10-13-39-14-11-34/h1,3-8,15-17H,2,9-14,18H2,(H,37,38)/b27-17-. The van der Waals surface area contributed by atoms with Gasteiger partial charge in [0.05, 0.1) is 46.7 Å². The Balaban J connectivity index is 1.20. The van der Waals surface area contributed by atoms with E-state index in [1.54, 1.807) is 47.4 Å². The molecule has 1 amide bonds. The fourth-order valence-corrected chi connectivity index (χ4v) is 6.03. The molecule has 12 heteroatoms. The minimum atomic E-state index is -0.992. The number of thioether (sulfide) groups is 1. The molecule has 2 saturated heterocycles. The zero-order valence-corrected chi connectivity index (χ0v) is 24.8. The zero-order chi connectivity index (χ0) is 29.6. The third kappa shape index (κ3) is 7.34. The maximum absolute atomic E-state index is 13.6. The Bertz CT molecular complexity index is 1550. The first-order valence-electron chi connectivity index (χ1n) is 13.3. The maximum Gasteiger partial charge on any atom is 0.335 e.